The van der Waals surface area contributed by atoms with Gasteiger partial charge >= 0.3 is 0 Å². The average molecular weight is 336 g/mol. The van der Waals surface area contributed by atoms with Crippen molar-refractivity contribution in [1.29, 1.82) is 0 Å². The van der Waals surface area contributed by atoms with Gasteiger partial charge in [-0.05, 0) is 25.0 Å². The van der Waals surface area contributed by atoms with E-state index in [9.17, 15) is 4.79 Å². The standard InChI is InChI=1S/C19H20N4O2/c24-18(22-17-10-11-20-23(17)16-8-4-5-9-16)12-15-13-25-19(21-15)14-6-2-1-3-7-14/h1-3,6-7,10-11,13,16H,4-5,8-9,12H2,(H,22,24). The number of hydrogen-bond donors (Lipinski definition) is 1. The van der Waals surface area contributed by atoms with Gasteiger partial charge in [-0.15, -0.1) is 0 Å². The number of amides is 1. The average Bonchev–Trinajstić information content (AvgIpc) is 3.37. The molecule has 1 N–H and O–H groups in total. The van der Waals surface area contributed by atoms with Gasteiger partial charge < -0.3 is 9.73 Å². The number of aromatic nitrogens is 3. The van der Waals surface area contributed by atoms with Gasteiger partial charge in [-0.25, -0.2) is 9.67 Å². The Hall–Kier alpha value is -2.89. The third-order valence-corrected chi connectivity index (χ3v) is 4.52. The first-order valence-corrected chi connectivity index (χ1v) is 8.63. The van der Waals surface area contributed by atoms with Crippen LogP contribution in [0.15, 0.2) is 53.3 Å². The van der Waals surface area contributed by atoms with Gasteiger partial charge in [-0.3, -0.25) is 4.79 Å². The number of nitrogens with one attached hydrogen (secondary N) is 1. The summed E-state index contributed by atoms with van der Waals surface area (Å²) in [5.41, 5.74) is 1.51. The van der Waals surface area contributed by atoms with Crippen molar-refractivity contribution in [2.75, 3.05) is 5.32 Å². The number of rotatable bonds is 5. The van der Waals surface area contributed by atoms with E-state index in [-0.39, 0.29) is 12.3 Å². The second kappa shape index (κ2) is 6.93. The highest BCUT2D eigenvalue weighted by Gasteiger charge is 2.20. The van der Waals surface area contributed by atoms with E-state index in [0.717, 1.165) is 24.2 Å². The lowest BCUT2D eigenvalue weighted by molar-refractivity contribution is -0.115. The van der Waals surface area contributed by atoms with Gasteiger partial charge in [0.1, 0.15) is 12.1 Å². The van der Waals surface area contributed by atoms with E-state index < -0.39 is 0 Å². The zero-order valence-corrected chi connectivity index (χ0v) is 13.9. The molecule has 0 atom stereocenters. The van der Waals surface area contributed by atoms with Gasteiger partial charge in [0.15, 0.2) is 0 Å². The highest BCUT2D eigenvalue weighted by Crippen LogP contribution is 2.31. The summed E-state index contributed by atoms with van der Waals surface area (Å²) >= 11 is 0. The van der Waals surface area contributed by atoms with Gasteiger partial charge in [-0.1, -0.05) is 31.0 Å². The zero-order valence-electron chi connectivity index (χ0n) is 13.9. The Balaban J connectivity index is 1.42. The van der Waals surface area contributed by atoms with Crippen LogP contribution in [0.4, 0.5) is 5.82 Å². The topological polar surface area (TPSA) is 73.0 Å². The molecule has 6 heteroatoms. The molecule has 0 aliphatic heterocycles. The summed E-state index contributed by atoms with van der Waals surface area (Å²) in [7, 11) is 0. The van der Waals surface area contributed by atoms with E-state index in [0.29, 0.717) is 17.6 Å². The van der Waals surface area contributed by atoms with Crippen molar-refractivity contribution >= 4 is 11.7 Å². The highest BCUT2D eigenvalue weighted by atomic mass is 16.3. The van der Waals surface area contributed by atoms with Crippen LogP contribution in [0.5, 0.6) is 0 Å². The molecule has 1 aromatic carbocycles. The molecule has 0 saturated heterocycles. The number of nitrogens with zero attached hydrogens (tertiary/aromatic N) is 3. The normalized spacial score (nSPS) is 14.7. The molecule has 6 nitrogen and oxygen atoms in total. The van der Waals surface area contributed by atoms with Crippen molar-refractivity contribution in [1.82, 2.24) is 14.8 Å². The number of oxazole rings is 1. The molecule has 4 rings (SSSR count). The van der Waals surface area contributed by atoms with Crippen LogP contribution in [0, 0.1) is 0 Å². The molecule has 1 aliphatic carbocycles. The van der Waals surface area contributed by atoms with Crippen LogP contribution in [-0.2, 0) is 11.2 Å². The van der Waals surface area contributed by atoms with Crippen molar-refractivity contribution in [2.45, 2.75) is 38.1 Å². The Bertz CT molecular complexity index is 847. The molecular weight excluding hydrogens is 316 g/mol. The SMILES string of the molecule is O=C(Cc1coc(-c2ccccc2)n1)Nc1ccnn1C1CCCC1. The third kappa shape index (κ3) is 3.47. The molecule has 1 amide bonds. The fourth-order valence-electron chi connectivity index (χ4n) is 3.31. The first-order chi connectivity index (χ1) is 12.3. The largest absolute Gasteiger partial charge is 0.444 e. The van der Waals surface area contributed by atoms with Crippen molar-refractivity contribution in [3.63, 3.8) is 0 Å². The number of hydrogen-bond acceptors (Lipinski definition) is 4. The molecule has 1 aliphatic rings. The molecule has 1 fully saturated rings. The summed E-state index contributed by atoms with van der Waals surface area (Å²) in [6, 6.07) is 11.9. The molecule has 2 heterocycles. The van der Waals surface area contributed by atoms with Crippen LogP contribution < -0.4 is 5.32 Å². The fraction of sp³-hybridized carbons (Fsp3) is 0.316. The molecule has 0 spiro atoms. The number of carbonyl (C=O) groups excluding carboxylic acids is 1. The van der Waals surface area contributed by atoms with E-state index >= 15 is 0 Å². The van der Waals surface area contributed by atoms with Gasteiger partial charge in [0.25, 0.3) is 0 Å². The minimum absolute atomic E-state index is 0.118. The molecule has 0 radical (unpaired) electrons. The maximum Gasteiger partial charge on any atom is 0.231 e. The van der Waals surface area contributed by atoms with Crippen LogP contribution in [0.3, 0.4) is 0 Å². The lowest BCUT2D eigenvalue weighted by atomic mass is 10.2. The van der Waals surface area contributed by atoms with E-state index in [4.69, 9.17) is 4.42 Å². The second-order valence-corrected chi connectivity index (χ2v) is 6.33. The monoisotopic (exact) mass is 336 g/mol. The molecule has 3 aromatic rings. The Labute approximate surface area is 145 Å². The molecule has 0 unspecified atom stereocenters. The lowest BCUT2D eigenvalue weighted by Gasteiger charge is -2.14. The number of benzene rings is 1. The van der Waals surface area contributed by atoms with Gasteiger partial charge in [0.2, 0.25) is 11.8 Å². The molecular formula is C19H20N4O2. The summed E-state index contributed by atoms with van der Waals surface area (Å²) < 4.78 is 7.42. The van der Waals surface area contributed by atoms with Crippen LogP contribution in [0.25, 0.3) is 11.5 Å². The molecule has 25 heavy (non-hydrogen) atoms. The predicted octanol–water partition coefficient (Wildman–Crippen LogP) is 3.83. The van der Waals surface area contributed by atoms with Gasteiger partial charge in [0.05, 0.1) is 24.4 Å². The minimum atomic E-state index is -0.118. The van der Waals surface area contributed by atoms with E-state index in [1.807, 2.05) is 41.1 Å². The van der Waals surface area contributed by atoms with Crippen molar-refractivity contribution in [3.8, 4) is 11.5 Å². The van der Waals surface area contributed by atoms with Crippen molar-refractivity contribution in [2.24, 2.45) is 0 Å². The maximum atomic E-state index is 12.4. The predicted molar refractivity (Wildman–Crippen MR) is 94.0 cm³/mol. The first kappa shape index (κ1) is 15.6. The summed E-state index contributed by atoms with van der Waals surface area (Å²) in [5, 5.41) is 7.31. The van der Waals surface area contributed by atoms with E-state index in [1.165, 1.54) is 19.1 Å². The summed E-state index contributed by atoms with van der Waals surface area (Å²) in [6.07, 6.45) is 8.13. The zero-order chi connectivity index (χ0) is 17.1. The summed E-state index contributed by atoms with van der Waals surface area (Å²) in [5.74, 6) is 1.16. The Morgan fingerprint density at radius 3 is 2.80 bits per heavy atom. The van der Waals surface area contributed by atoms with E-state index in [1.54, 1.807) is 6.20 Å². The van der Waals surface area contributed by atoms with Crippen LogP contribution >= 0.6 is 0 Å². The maximum absolute atomic E-state index is 12.4. The fourth-order valence-corrected chi connectivity index (χ4v) is 3.31. The van der Waals surface area contributed by atoms with Crippen LogP contribution in [-0.4, -0.2) is 20.7 Å². The first-order valence-electron chi connectivity index (χ1n) is 8.63. The van der Waals surface area contributed by atoms with Crippen LogP contribution in [0.1, 0.15) is 37.4 Å². The van der Waals surface area contributed by atoms with Gasteiger partial charge in [0, 0.05) is 11.6 Å². The van der Waals surface area contributed by atoms with E-state index in [2.05, 4.69) is 15.4 Å². The van der Waals surface area contributed by atoms with Gasteiger partial charge in [-0.2, -0.15) is 5.10 Å². The Morgan fingerprint density at radius 2 is 2.00 bits per heavy atom. The molecule has 1 saturated carbocycles. The Kier molecular flexibility index (Phi) is 4.33. The number of carbonyl (C=O) groups is 1. The second-order valence-electron chi connectivity index (χ2n) is 6.33. The van der Waals surface area contributed by atoms with Crippen molar-refractivity contribution < 1.29 is 9.21 Å². The molecule has 2 aromatic heterocycles. The third-order valence-electron chi connectivity index (χ3n) is 4.52. The molecule has 128 valence electrons. The highest BCUT2D eigenvalue weighted by molar-refractivity contribution is 5.91. The van der Waals surface area contributed by atoms with Crippen LogP contribution in [0.2, 0.25) is 0 Å². The number of anilines is 1. The quantitative estimate of drug-likeness (QED) is 0.768. The summed E-state index contributed by atoms with van der Waals surface area (Å²) in [4.78, 5) is 16.8. The Morgan fingerprint density at radius 1 is 1.20 bits per heavy atom. The van der Waals surface area contributed by atoms with Crippen molar-refractivity contribution in [3.05, 3.63) is 54.6 Å². The summed E-state index contributed by atoms with van der Waals surface area (Å²) in [6.45, 7) is 0. The molecule has 0 bridgehead atoms. The smallest absolute Gasteiger partial charge is 0.231 e. The lowest BCUT2D eigenvalue weighted by Crippen LogP contribution is -2.19. The minimum Gasteiger partial charge on any atom is -0.444 e.